The van der Waals surface area contributed by atoms with E-state index in [1.807, 2.05) is 60.7 Å². The fourth-order valence-corrected chi connectivity index (χ4v) is 6.50. The Morgan fingerprint density at radius 1 is 0.561 bits per heavy atom. The number of aliphatic carboxylic acids is 1. The van der Waals surface area contributed by atoms with Crippen molar-refractivity contribution in [2.45, 2.75) is 62.7 Å². The summed E-state index contributed by atoms with van der Waals surface area (Å²) in [5.74, 6) is -4.07. The van der Waals surface area contributed by atoms with Gasteiger partial charge in [0.2, 0.25) is 29.5 Å². The van der Waals surface area contributed by atoms with Gasteiger partial charge >= 0.3 is 5.97 Å². The molecule has 6 N–H and O–H groups in total. The topological polar surface area (TPSA) is 196 Å². The number of rotatable bonds is 8. The number of carbonyl (C=O) groups excluding carboxylic acids is 5. The molecule has 13 heteroatoms. The number of hydrogen-bond donors (Lipinski definition) is 6. The van der Waals surface area contributed by atoms with Crippen molar-refractivity contribution in [1.82, 2.24) is 21.3 Å². The predicted molar refractivity (Wildman–Crippen MR) is 212 cm³/mol. The minimum atomic E-state index is -1.36. The van der Waals surface area contributed by atoms with Crippen molar-refractivity contribution in [3.05, 3.63) is 150 Å². The van der Waals surface area contributed by atoms with Crippen LogP contribution in [0.25, 0.3) is 11.1 Å². The van der Waals surface area contributed by atoms with Crippen LogP contribution in [0.3, 0.4) is 0 Å². The van der Waals surface area contributed by atoms with Crippen molar-refractivity contribution in [2.75, 3.05) is 5.32 Å². The molecule has 0 saturated heterocycles. The second-order valence-corrected chi connectivity index (χ2v) is 13.8. The molecule has 0 saturated carbocycles. The van der Waals surface area contributed by atoms with Crippen LogP contribution < -0.4 is 26.6 Å². The van der Waals surface area contributed by atoms with Gasteiger partial charge < -0.3 is 36.1 Å². The van der Waals surface area contributed by atoms with E-state index in [0.29, 0.717) is 28.1 Å². The average Bonchev–Trinajstić information content (AvgIpc) is 3.73. The van der Waals surface area contributed by atoms with Gasteiger partial charge in [0.25, 0.3) is 0 Å². The van der Waals surface area contributed by atoms with Crippen molar-refractivity contribution < 1.29 is 38.3 Å². The molecule has 13 nitrogen and oxygen atoms in total. The van der Waals surface area contributed by atoms with Crippen LogP contribution in [0.4, 0.5) is 5.69 Å². The first-order valence-corrected chi connectivity index (χ1v) is 18.6. The highest BCUT2D eigenvalue weighted by Crippen LogP contribution is 2.20. The van der Waals surface area contributed by atoms with Crippen molar-refractivity contribution in [1.29, 1.82) is 0 Å². The van der Waals surface area contributed by atoms with Gasteiger partial charge in [-0.05, 0) is 52.1 Å². The molecule has 2 bridgehead atoms. The Hall–Kier alpha value is -7.02. The molecule has 3 heterocycles. The van der Waals surface area contributed by atoms with Crippen LogP contribution in [0.5, 0.6) is 0 Å². The van der Waals surface area contributed by atoms with Crippen LogP contribution in [0.15, 0.2) is 132 Å². The molecule has 4 atom stereocenters. The zero-order valence-electron chi connectivity index (χ0n) is 31.0. The van der Waals surface area contributed by atoms with Crippen molar-refractivity contribution >= 4 is 41.2 Å². The molecular formula is C44H43N5O8. The largest absolute Gasteiger partial charge is 0.480 e. The lowest BCUT2D eigenvalue weighted by molar-refractivity contribution is -0.142. The van der Waals surface area contributed by atoms with E-state index in [4.69, 9.17) is 4.42 Å². The third kappa shape index (κ3) is 11.5. The van der Waals surface area contributed by atoms with E-state index in [2.05, 4.69) is 26.6 Å². The molecule has 5 amide bonds. The van der Waals surface area contributed by atoms with E-state index in [1.165, 1.54) is 6.26 Å². The maximum absolute atomic E-state index is 14.4. The zero-order chi connectivity index (χ0) is 40.1. The molecule has 57 heavy (non-hydrogen) atoms. The van der Waals surface area contributed by atoms with Gasteiger partial charge in [-0.25, -0.2) is 4.79 Å². The number of furan rings is 1. The number of nitrogens with one attached hydrogen (secondary N) is 5. The maximum Gasteiger partial charge on any atom is 0.326 e. The van der Waals surface area contributed by atoms with E-state index in [-0.39, 0.29) is 38.5 Å². The molecule has 4 aromatic carbocycles. The van der Waals surface area contributed by atoms with Gasteiger partial charge in [-0.3, -0.25) is 24.0 Å². The quantitative estimate of drug-likeness (QED) is 0.128. The Morgan fingerprint density at radius 2 is 1.11 bits per heavy atom. The Kier molecular flexibility index (Phi) is 13.2. The monoisotopic (exact) mass is 769 g/mol. The van der Waals surface area contributed by atoms with Crippen LogP contribution in [-0.2, 0) is 54.5 Å². The molecule has 0 spiro atoms. The summed E-state index contributed by atoms with van der Waals surface area (Å²) in [5, 5.41) is 23.7. The fourth-order valence-electron chi connectivity index (χ4n) is 6.50. The Bertz CT molecular complexity index is 2160. The summed E-state index contributed by atoms with van der Waals surface area (Å²) in [6, 6.07) is 30.8. The summed E-state index contributed by atoms with van der Waals surface area (Å²) in [7, 11) is 0. The first-order chi connectivity index (χ1) is 27.6. The summed E-state index contributed by atoms with van der Waals surface area (Å²) in [4.78, 5) is 80.8. The highest BCUT2D eigenvalue weighted by Gasteiger charge is 2.32. The number of amides is 5. The van der Waals surface area contributed by atoms with Crippen molar-refractivity contribution in [2.24, 2.45) is 0 Å². The van der Waals surface area contributed by atoms with Crippen LogP contribution in [0.2, 0.25) is 0 Å². The normalized spacial score (nSPS) is 19.9. The summed E-state index contributed by atoms with van der Waals surface area (Å²) in [6.45, 7) is 0. The number of carbonyl (C=O) groups is 6. The van der Waals surface area contributed by atoms with Gasteiger partial charge in [0.15, 0.2) is 0 Å². The number of carboxylic acids is 1. The van der Waals surface area contributed by atoms with Gasteiger partial charge in [0.1, 0.15) is 29.9 Å². The molecule has 292 valence electrons. The molecule has 2 aliphatic heterocycles. The minimum absolute atomic E-state index is 0.00147. The number of benzene rings is 4. The van der Waals surface area contributed by atoms with Crippen LogP contribution in [-0.4, -0.2) is 64.8 Å². The Balaban J connectivity index is 1.34. The molecule has 2 aliphatic rings. The highest BCUT2D eigenvalue weighted by molar-refractivity contribution is 5.97. The van der Waals surface area contributed by atoms with E-state index >= 15 is 0 Å². The predicted octanol–water partition coefficient (Wildman–Crippen LogP) is 3.97. The van der Waals surface area contributed by atoms with Gasteiger partial charge in [-0.1, -0.05) is 97.1 Å². The van der Waals surface area contributed by atoms with Crippen molar-refractivity contribution in [3.63, 3.8) is 0 Å². The standard InChI is InChI=1S/C44H43N5O8/c50-39-21-22-40(51)46-37(27-34-12-7-23-57-34)43(54)48-36(25-29-13-17-32(18-14-29)31-10-5-2-6-11-31)41(52)47-35(24-28-8-3-1-4-9-28)42(53)49-38(44(55)56)26-30-15-19-33(45-39)20-16-30/h1-20,23,35-38H,21-22,24-27H2,(H,45,50)(H,46,51)(H,47,52)(H,48,54)(H,49,53)(H,55,56). The molecule has 5 aromatic rings. The SMILES string of the molecule is O=C1CCC(=O)NC(Cc2ccco2)C(=O)NC(Cc2ccc(-c3ccccc3)cc2)C(=O)NC(Cc2ccccc2)C(=O)NC(C(=O)O)Cc2ccc(cc2)N1. The lowest BCUT2D eigenvalue weighted by atomic mass is 9.99. The van der Waals surface area contributed by atoms with Gasteiger partial charge in [0.05, 0.1) is 6.26 Å². The van der Waals surface area contributed by atoms with Crippen LogP contribution in [0.1, 0.15) is 35.3 Å². The number of carboxylic acid groups (broad SMARTS) is 1. The summed E-state index contributed by atoms with van der Waals surface area (Å²) in [5.41, 5.74) is 4.32. The fraction of sp³-hybridized carbons (Fsp3) is 0.227. The summed E-state index contributed by atoms with van der Waals surface area (Å²) in [6.07, 6.45) is 0.878. The Morgan fingerprint density at radius 3 is 1.70 bits per heavy atom. The smallest absolute Gasteiger partial charge is 0.326 e. The highest BCUT2D eigenvalue weighted by atomic mass is 16.4. The third-order valence-electron chi connectivity index (χ3n) is 9.56. The van der Waals surface area contributed by atoms with E-state index in [1.54, 1.807) is 60.7 Å². The molecule has 4 unspecified atom stereocenters. The number of hydrogen-bond acceptors (Lipinski definition) is 7. The first-order valence-electron chi connectivity index (χ1n) is 18.6. The lowest BCUT2D eigenvalue weighted by Gasteiger charge is -2.26. The number of fused-ring (bicyclic) bond motifs is 18. The van der Waals surface area contributed by atoms with E-state index in [9.17, 15) is 33.9 Å². The first kappa shape index (κ1) is 39.7. The van der Waals surface area contributed by atoms with E-state index < -0.39 is 59.7 Å². The Labute approximate surface area is 329 Å². The second-order valence-electron chi connectivity index (χ2n) is 13.8. The van der Waals surface area contributed by atoms with Crippen molar-refractivity contribution in [3.8, 4) is 11.1 Å². The van der Waals surface area contributed by atoms with Crippen LogP contribution >= 0.6 is 0 Å². The summed E-state index contributed by atoms with van der Waals surface area (Å²) >= 11 is 0. The van der Waals surface area contributed by atoms with Gasteiger partial charge in [-0.15, -0.1) is 0 Å². The maximum atomic E-state index is 14.4. The van der Waals surface area contributed by atoms with Gasteiger partial charge in [-0.2, -0.15) is 0 Å². The molecule has 1 aromatic heterocycles. The minimum Gasteiger partial charge on any atom is -0.480 e. The second kappa shape index (κ2) is 19.0. The van der Waals surface area contributed by atoms with Crippen LogP contribution in [0, 0.1) is 0 Å². The lowest BCUT2D eigenvalue weighted by Crippen LogP contribution is -2.59. The molecule has 7 rings (SSSR count). The average molecular weight is 770 g/mol. The zero-order valence-corrected chi connectivity index (χ0v) is 31.0. The molecule has 0 radical (unpaired) electrons. The van der Waals surface area contributed by atoms with Gasteiger partial charge in [0, 0.05) is 44.2 Å². The third-order valence-corrected chi connectivity index (χ3v) is 9.56. The summed E-state index contributed by atoms with van der Waals surface area (Å²) < 4.78 is 5.48. The number of anilines is 1. The molecular weight excluding hydrogens is 727 g/mol. The molecule has 0 fully saturated rings. The van der Waals surface area contributed by atoms with E-state index in [0.717, 1.165) is 11.1 Å². The molecule has 0 aliphatic carbocycles.